The number of anilines is 1. The topological polar surface area (TPSA) is 63.1 Å². The van der Waals surface area contributed by atoms with E-state index in [1.165, 1.54) is 4.90 Å². The summed E-state index contributed by atoms with van der Waals surface area (Å²) in [6.07, 6.45) is 1.71. The maximum atomic E-state index is 12.8. The van der Waals surface area contributed by atoms with Gasteiger partial charge in [0.2, 0.25) is 5.91 Å². The van der Waals surface area contributed by atoms with Crippen molar-refractivity contribution in [2.75, 3.05) is 32.6 Å². The van der Waals surface area contributed by atoms with Crippen LogP contribution in [0.15, 0.2) is 61.2 Å². The first kappa shape index (κ1) is 23.2. The van der Waals surface area contributed by atoms with Crippen LogP contribution < -0.4 is 15.0 Å². The first-order chi connectivity index (χ1) is 14.3. The molecule has 6 heteroatoms. The predicted molar refractivity (Wildman–Crippen MR) is 120 cm³/mol. The molecule has 160 valence electrons. The third-order valence-corrected chi connectivity index (χ3v) is 4.98. The van der Waals surface area contributed by atoms with Gasteiger partial charge in [-0.1, -0.05) is 30.4 Å². The molecule has 30 heavy (non-hydrogen) atoms. The monoisotopic (exact) mass is 410 g/mol. The van der Waals surface area contributed by atoms with Crippen molar-refractivity contribution in [3.63, 3.8) is 0 Å². The Balaban J connectivity index is 1.85. The first-order valence-electron chi connectivity index (χ1n) is 10.1. The zero-order chi connectivity index (χ0) is 22.1. The summed E-state index contributed by atoms with van der Waals surface area (Å²) in [7, 11) is 3.64. The molecule has 0 saturated carbocycles. The molecule has 0 fully saturated rings. The Morgan fingerprint density at radius 1 is 1.17 bits per heavy atom. The van der Waals surface area contributed by atoms with Gasteiger partial charge in [0.15, 0.2) is 6.04 Å². The molecule has 2 atom stereocenters. The van der Waals surface area contributed by atoms with Crippen LogP contribution in [0.3, 0.4) is 0 Å². The van der Waals surface area contributed by atoms with E-state index in [2.05, 4.69) is 11.9 Å². The number of hydrogen-bond acceptors (Lipinski definition) is 3. The average Bonchev–Trinajstić information content (AvgIpc) is 2.73. The van der Waals surface area contributed by atoms with Crippen LogP contribution in [0.25, 0.3) is 0 Å². The molecule has 2 aromatic carbocycles. The minimum absolute atomic E-state index is 0.0136. The first-order valence-corrected chi connectivity index (χ1v) is 10.1. The summed E-state index contributed by atoms with van der Waals surface area (Å²) in [5.41, 5.74) is 2.96. The Morgan fingerprint density at radius 2 is 1.80 bits per heavy atom. The zero-order valence-corrected chi connectivity index (χ0v) is 18.3. The fourth-order valence-electron chi connectivity index (χ4n) is 3.01. The van der Waals surface area contributed by atoms with Gasteiger partial charge in [-0.2, -0.15) is 0 Å². The number of aryl methyl sites for hydroxylation is 1. The molecular formula is C24H32N3O3+. The molecule has 0 bridgehead atoms. The van der Waals surface area contributed by atoms with Crippen LogP contribution in [0.4, 0.5) is 5.69 Å². The van der Waals surface area contributed by atoms with Gasteiger partial charge in [-0.15, -0.1) is 0 Å². The van der Waals surface area contributed by atoms with Gasteiger partial charge in [0, 0.05) is 18.3 Å². The van der Waals surface area contributed by atoms with E-state index in [4.69, 9.17) is 4.74 Å². The van der Waals surface area contributed by atoms with Gasteiger partial charge in [-0.3, -0.25) is 9.59 Å². The number of rotatable bonds is 10. The lowest BCUT2D eigenvalue weighted by molar-refractivity contribution is -0.908. The number of ether oxygens (including phenoxy) is 1. The van der Waals surface area contributed by atoms with Crippen molar-refractivity contribution in [3.8, 4) is 5.75 Å². The number of hydrogen-bond donors (Lipinski definition) is 2. The quantitative estimate of drug-likeness (QED) is 0.590. The van der Waals surface area contributed by atoms with Crippen LogP contribution in [-0.4, -0.2) is 50.0 Å². The van der Waals surface area contributed by atoms with Crippen LogP contribution in [0.5, 0.6) is 5.75 Å². The number of amides is 2. The number of benzene rings is 2. The molecule has 0 aromatic heterocycles. The molecule has 0 radical (unpaired) electrons. The Bertz CT molecular complexity index is 847. The Labute approximate surface area is 179 Å². The van der Waals surface area contributed by atoms with E-state index in [0.717, 1.165) is 27.5 Å². The van der Waals surface area contributed by atoms with Crippen LogP contribution in [0.1, 0.15) is 18.1 Å². The van der Waals surface area contributed by atoms with E-state index in [1.54, 1.807) is 13.1 Å². The fraction of sp³-hybridized carbons (Fsp3) is 0.333. The number of quaternary nitrogens is 1. The lowest BCUT2D eigenvalue weighted by Crippen LogP contribution is -3.12. The lowest BCUT2D eigenvalue weighted by Gasteiger charge is -2.25. The van der Waals surface area contributed by atoms with Crippen molar-refractivity contribution in [2.45, 2.75) is 26.4 Å². The summed E-state index contributed by atoms with van der Waals surface area (Å²) in [6.45, 7) is 8.69. The number of carbonyl (C=O) groups is 2. The highest BCUT2D eigenvalue weighted by molar-refractivity contribution is 5.94. The van der Waals surface area contributed by atoms with Crippen molar-refractivity contribution in [1.29, 1.82) is 0 Å². The second-order valence-electron chi connectivity index (χ2n) is 7.60. The smallest absolute Gasteiger partial charge is 0.280 e. The second kappa shape index (κ2) is 11.2. The summed E-state index contributed by atoms with van der Waals surface area (Å²) in [5, 5.41) is 2.83. The van der Waals surface area contributed by atoms with Crippen LogP contribution in [0.2, 0.25) is 0 Å². The molecule has 0 aliphatic carbocycles. The van der Waals surface area contributed by atoms with Crippen molar-refractivity contribution >= 4 is 17.5 Å². The minimum atomic E-state index is -0.279. The second-order valence-corrected chi connectivity index (χ2v) is 7.60. The fourth-order valence-corrected chi connectivity index (χ4v) is 3.01. The summed E-state index contributed by atoms with van der Waals surface area (Å²) >= 11 is 0. The van der Waals surface area contributed by atoms with E-state index in [0.29, 0.717) is 13.2 Å². The Morgan fingerprint density at radius 3 is 2.40 bits per heavy atom. The summed E-state index contributed by atoms with van der Waals surface area (Å²) < 4.78 is 5.49. The molecule has 0 heterocycles. The third kappa shape index (κ3) is 7.04. The number of likely N-dealkylation sites (N-methyl/N-ethyl adjacent to an activating group) is 2. The molecule has 0 spiro atoms. The van der Waals surface area contributed by atoms with Crippen molar-refractivity contribution in [3.05, 3.63) is 72.3 Å². The molecule has 6 nitrogen and oxygen atoms in total. The van der Waals surface area contributed by atoms with Crippen LogP contribution >= 0.6 is 0 Å². The molecule has 0 saturated heterocycles. The zero-order valence-electron chi connectivity index (χ0n) is 18.3. The summed E-state index contributed by atoms with van der Waals surface area (Å²) in [4.78, 5) is 27.6. The maximum absolute atomic E-state index is 12.8. The van der Waals surface area contributed by atoms with Gasteiger partial charge in [0.05, 0.1) is 13.6 Å². The SMILES string of the molecule is C=CCOc1ccc(C[NH+](C)[C@H](C)C(=O)N(C)CC(=O)Nc2ccc(C)cc2)cc1. The van der Waals surface area contributed by atoms with Crippen molar-refractivity contribution in [1.82, 2.24) is 4.90 Å². The van der Waals surface area contributed by atoms with Gasteiger partial charge in [-0.05, 0) is 50.2 Å². The lowest BCUT2D eigenvalue weighted by atomic mass is 10.1. The van der Waals surface area contributed by atoms with E-state index in [9.17, 15) is 9.59 Å². The highest BCUT2D eigenvalue weighted by Gasteiger charge is 2.26. The number of carbonyl (C=O) groups excluding carboxylic acids is 2. The van der Waals surface area contributed by atoms with Gasteiger partial charge >= 0.3 is 0 Å². The Kier molecular flexibility index (Phi) is 8.62. The normalized spacial score (nSPS) is 12.5. The number of nitrogens with zero attached hydrogens (tertiary/aromatic N) is 1. The highest BCUT2D eigenvalue weighted by Crippen LogP contribution is 2.12. The maximum Gasteiger partial charge on any atom is 0.280 e. The van der Waals surface area contributed by atoms with Crippen LogP contribution in [-0.2, 0) is 16.1 Å². The van der Waals surface area contributed by atoms with E-state index in [-0.39, 0.29) is 24.4 Å². The number of nitrogens with one attached hydrogen (secondary N) is 2. The average molecular weight is 411 g/mol. The summed E-state index contributed by atoms with van der Waals surface area (Å²) in [5.74, 6) is 0.506. The Hall–Kier alpha value is -3.12. The molecule has 2 N–H and O–H groups in total. The third-order valence-electron chi connectivity index (χ3n) is 4.98. The van der Waals surface area contributed by atoms with Crippen LogP contribution in [0, 0.1) is 6.92 Å². The van der Waals surface area contributed by atoms with Crippen molar-refractivity contribution in [2.24, 2.45) is 0 Å². The van der Waals surface area contributed by atoms with Crippen molar-refractivity contribution < 1.29 is 19.2 Å². The molecule has 2 aromatic rings. The van der Waals surface area contributed by atoms with E-state index < -0.39 is 0 Å². The molecule has 0 aliphatic rings. The predicted octanol–water partition coefficient (Wildman–Crippen LogP) is 2.06. The molecule has 1 unspecified atom stereocenters. The van der Waals surface area contributed by atoms with E-state index >= 15 is 0 Å². The van der Waals surface area contributed by atoms with Gasteiger partial charge < -0.3 is 19.9 Å². The molecular weight excluding hydrogens is 378 g/mol. The molecule has 2 amide bonds. The van der Waals surface area contributed by atoms with Gasteiger partial charge in [-0.25, -0.2) is 0 Å². The van der Waals surface area contributed by atoms with E-state index in [1.807, 2.05) is 69.4 Å². The van der Waals surface area contributed by atoms with Gasteiger partial charge in [0.25, 0.3) is 5.91 Å². The molecule has 2 rings (SSSR count). The van der Waals surface area contributed by atoms with Gasteiger partial charge in [0.1, 0.15) is 18.9 Å². The highest BCUT2D eigenvalue weighted by atomic mass is 16.5. The standard InChI is InChI=1S/C24H31N3O3/c1-6-15-30-22-13-9-20(10-14-22)16-26(4)19(3)24(29)27(5)17-23(28)25-21-11-7-18(2)8-12-21/h6-14,19H,1,15-17H2,2-5H3,(H,25,28)/p+1/t19-/m1/s1. The molecule has 0 aliphatic heterocycles. The summed E-state index contributed by atoms with van der Waals surface area (Å²) in [6, 6.07) is 15.1. The largest absolute Gasteiger partial charge is 0.490 e. The minimum Gasteiger partial charge on any atom is -0.490 e.